The van der Waals surface area contributed by atoms with Crippen LogP contribution in [0.1, 0.15) is 18.4 Å². The smallest absolute Gasteiger partial charge is 0.394 e. The molecule has 0 unspecified atom stereocenters. The largest absolute Gasteiger partial charge is 0.419 e. The molecule has 0 aliphatic carbocycles. The summed E-state index contributed by atoms with van der Waals surface area (Å²) in [6.45, 7) is 0.217. The van der Waals surface area contributed by atoms with Crippen molar-refractivity contribution in [2.75, 3.05) is 18.5 Å². The van der Waals surface area contributed by atoms with Gasteiger partial charge >= 0.3 is 12.2 Å². The molecule has 2 amide bonds. The number of hydrogen-bond acceptors (Lipinski definition) is 2. The summed E-state index contributed by atoms with van der Waals surface area (Å²) in [7, 11) is 0. The Morgan fingerprint density at radius 3 is 2.76 bits per heavy atom. The first-order valence-electron chi connectivity index (χ1n) is 6.38. The second kappa shape index (κ2) is 5.88. The van der Waals surface area contributed by atoms with Crippen LogP contribution in [0.5, 0.6) is 0 Å². The van der Waals surface area contributed by atoms with Gasteiger partial charge in [0.05, 0.1) is 18.2 Å². The van der Waals surface area contributed by atoms with Crippen molar-refractivity contribution in [1.29, 1.82) is 0 Å². The molecule has 1 saturated heterocycles. The molecule has 0 aromatic heterocycles. The van der Waals surface area contributed by atoms with Crippen LogP contribution in [0.15, 0.2) is 18.2 Å². The Morgan fingerprint density at radius 1 is 1.43 bits per heavy atom. The van der Waals surface area contributed by atoms with E-state index in [-0.39, 0.29) is 18.3 Å². The molecule has 8 heteroatoms. The molecule has 116 valence electrons. The first-order valence-corrected chi connectivity index (χ1v) is 6.38. The number of aliphatic hydroxyl groups is 1. The number of carbonyl (C=O) groups excluding carboxylic acids is 1. The highest BCUT2D eigenvalue weighted by atomic mass is 19.4. The van der Waals surface area contributed by atoms with Crippen molar-refractivity contribution in [1.82, 2.24) is 4.90 Å². The molecule has 0 bridgehead atoms. The van der Waals surface area contributed by atoms with Crippen LogP contribution < -0.4 is 5.32 Å². The average Bonchev–Trinajstić information content (AvgIpc) is 2.88. The van der Waals surface area contributed by atoms with Gasteiger partial charge in [0.15, 0.2) is 0 Å². The van der Waals surface area contributed by atoms with Crippen molar-refractivity contribution in [2.45, 2.75) is 25.1 Å². The van der Waals surface area contributed by atoms with E-state index in [2.05, 4.69) is 5.32 Å². The number of aliphatic hydroxyl groups excluding tert-OH is 1. The number of carbonyl (C=O) groups is 1. The summed E-state index contributed by atoms with van der Waals surface area (Å²) in [5.74, 6) is -1.39. The van der Waals surface area contributed by atoms with E-state index < -0.39 is 23.6 Å². The number of halogens is 4. The third kappa shape index (κ3) is 3.44. The normalized spacial score (nSPS) is 18.9. The van der Waals surface area contributed by atoms with E-state index in [1.54, 1.807) is 0 Å². The Bertz CT molecular complexity index is 533. The highest BCUT2D eigenvalue weighted by Gasteiger charge is 2.34. The van der Waals surface area contributed by atoms with Crippen LogP contribution in [-0.4, -0.2) is 35.2 Å². The molecule has 4 nitrogen and oxygen atoms in total. The van der Waals surface area contributed by atoms with Gasteiger partial charge in [-0.05, 0) is 31.0 Å². The molecule has 1 aliphatic rings. The molecule has 0 spiro atoms. The number of nitrogens with one attached hydrogen (secondary N) is 1. The molecular weight excluding hydrogens is 292 g/mol. The Hall–Kier alpha value is -1.83. The molecule has 1 atom stereocenters. The van der Waals surface area contributed by atoms with E-state index in [0.717, 1.165) is 12.5 Å². The number of alkyl halides is 3. The summed E-state index contributed by atoms with van der Waals surface area (Å²) in [5.41, 5.74) is -1.57. The van der Waals surface area contributed by atoms with Crippen LogP contribution in [0.3, 0.4) is 0 Å². The first kappa shape index (κ1) is 15.6. The summed E-state index contributed by atoms with van der Waals surface area (Å²) in [6.07, 6.45) is -3.47. The van der Waals surface area contributed by atoms with E-state index in [9.17, 15) is 22.4 Å². The van der Waals surface area contributed by atoms with E-state index in [1.165, 1.54) is 4.90 Å². The summed E-state index contributed by atoms with van der Waals surface area (Å²) >= 11 is 0. The lowest BCUT2D eigenvalue weighted by Gasteiger charge is -2.23. The maximum absolute atomic E-state index is 13.1. The lowest BCUT2D eigenvalue weighted by atomic mass is 10.2. The summed E-state index contributed by atoms with van der Waals surface area (Å²) in [5, 5.41) is 11.4. The molecule has 0 saturated carbocycles. The lowest BCUT2D eigenvalue weighted by molar-refractivity contribution is -0.139. The van der Waals surface area contributed by atoms with Gasteiger partial charge in [-0.1, -0.05) is 0 Å². The molecular formula is C13H14F4N2O2. The highest BCUT2D eigenvalue weighted by Crippen LogP contribution is 2.33. The quantitative estimate of drug-likeness (QED) is 0.826. The SMILES string of the molecule is O=C(Nc1ccc(F)c(C(F)(F)F)c1)N1CCC[C@H]1CO. The zero-order valence-corrected chi connectivity index (χ0v) is 11.0. The molecule has 1 aliphatic heterocycles. The van der Waals surface area contributed by atoms with Crippen LogP contribution in [0.2, 0.25) is 0 Å². The van der Waals surface area contributed by atoms with Crippen LogP contribution in [0.4, 0.5) is 28.0 Å². The molecule has 0 radical (unpaired) electrons. The zero-order valence-electron chi connectivity index (χ0n) is 11.0. The number of urea groups is 1. The fraction of sp³-hybridized carbons (Fsp3) is 0.462. The summed E-state index contributed by atoms with van der Waals surface area (Å²) < 4.78 is 50.9. The minimum Gasteiger partial charge on any atom is -0.394 e. The first-order chi connectivity index (χ1) is 9.82. The minimum absolute atomic E-state index is 0.141. The molecule has 1 fully saturated rings. The van der Waals surface area contributed by atoms with Crippen molar-refractivity contribution < 1.29 is 27.5 Å². The molecule has 21 heavy (non-hydrogen) atoms. The fourth-order valence-electron chi connectivity index (χ4n) is 2.31. The molecule has 2 rings (SSSR count). The van der Waals surface area contributed by atoms with Gasteiger partial charge in [0.2, 0.25) is 0 Å². The highest BCUT2D eigenvalue weighted by molar-refractivity contribution is 5.89. The number of hydrogen-bond donors (Lipinski definition) is 2. The maximum Gasteiger partial charge on any atom is 0.419 e. The zero-order chi connectivity index (χ0) is 15.6. The lowest BCUT2D eigenvalue weighted by Crippen LogP contribution is -2.40. The predicted octanol–water partition coefficient (Wildman–Crippen LogP) is 2.83. The van der Waals surface area contributed by atoms with Gasteiger partial charge in [-0.15, -0.1) is 0 Å². The fourth-order valence-corrected chi connectivity index (χ4v) is 2.31. The van der Waals surface area contributed by atoms with Crippen molar-refractivity contribution in [2.24, 2.45) is 0 Å². The molecule has 1 aromatic carbocycles. The van der Waals surface area contributed by atoms with Gasteiger partial charge < -0.3 is 15.3 Å². The standard InChI is InChI=1S/C13H14F4N2O2/c14-11-4-3-8(6-10(11)13(15,16)17)18-12(21)19-5-1-2-9(19)7-20/h3-4,6,9,20H,1-2,5,7H2,(H,18,21)/t9-/m0/s1. The van der Waals surface area contributed by atoms with Crippen molar-refractivity contribution >= 4 is 11.7 Å². The second-order valence-electron chi connectivity index (χ2n) is 4.79. The molecule has 1 heterocycles. The summed E-state index contributed by atoms with van der Waals surface area (Å²) in [4.78, 5) is 13.3. The maximum atomic E-state index is 13.1. The third-order valence-electron chi connectivity index (χ3n) is 3.37. The van der Waals surface area contributed by atoms with Gasteiger partial charge in [0.25, 0.3) is 0 Å². The number of benzene rings is 1. The van der Waals surface area contributed by atoms with E-state index in [1.807, 2.05) is 0 Å². The molecule has 2 N–H and O–H groups in total. The number of likely N-dealkylation sites (tertiary alicyclic amines) is 1. The number of amides is 2. The second-order valence-corrected chi connectivity index (χ2v) is 4.79. The van der Waals surface area contributed by atoms with Crippen molar-refractivity contribution in [3.8, 4) is 0 Å². The van der Waals surface area contributed by atoms with E-state index in [4.69, 9.17) is 5.11 Å². The third-order valence-corrected chi connectivity index (χ3v) is 3.37. The van der Waals surface area contributed by atoms with Gasteiger partial charge in [-0.3, -0.25) is 0 Å². The minimum atomic E-state index is -4.83. The van der Waals surface area contributed by atoms with Gasteiger partial charge in [-0.25, -0.2) is 9.18 Å². The van der Waals surface area contributed by atoms with Crippen LogP contribution in [0, 0.1) is 5.82 Å². The summed E-state index contributed by atoms with van der Waals surface area (Å²) in [6, 6.07) is 1.33. The van der Waals surface area contributed by atoms with Crippen LogP contribution in [0.25, 0.3) is 0 Å². The monoisotopic (exact) mass is 306 g/mol. The van der Waals surface area contributed by atoms with Crippen LogP contribution >= 0.6 is 0 Å². The predicted molar refractivity (Wildman–Crippen MR) is 67.2 cm³/mol. The van der Waals surface area contributed by atoms with Gasteiger partial charge in [-0.2, -0.15) is 13.2 Å². The van der Waals surface area contributed by atoms with Crippen molar-refractivity contribution in [3.63, 3.8) is 0 Å². The Kier molecular flexibility index (Phi) is 4.36. The Morgan fingerprint density at radius 2 is 2.14 bits per heavy atom. The molecule has 1 aromatic rings. The Balaban J connectivity index is 2.15. The number of rotatable bonds is 2. The number of anilines is 1. The topological polar surface area (TPSA) is 52.6 Å². The number of nitrogens with zero attached hydrogens (tertiary/aromatic N) is 1. The van der Waals surface area contributed by atoms with Crippen molar-refractivity contribution in [3.05, 3.63) is 29.6 Å². The van der Waals surface area contributed by atoms with Gasteiger partial charge in [0, 0.05) is 12.2 Å². The van der Waals surface area contributed by atoms with E-state index in [0.29, 0.717) is 25.1 Å². The van der Waals surface area contributed by atoms with Gasteiger partial charge in [0.1, 0.15) is 5.82 Å². The van der Waals surface area contributed by atoms with E-state index >= 15 is 0 Å². The Labute approximate surface area is 118 Å². The van der Waals surface area contributed by atoms with Crippen LogP contribution in [-0.2, 0) is 6.18 Å². The average molecular weight is 306 g/mol.